The summed E-state index contributed by atoms with van der Waals surface area (Å²) in [6, 6.07) is 20.4. The van der Waals surface area contributed by atoms with Gasteiger partial charge in [-0.1, -0.05) is 42.5 Å². The van der Waals surface area contributed by atoms with Gasteiger partial charge in [-0.15, -0.1) is 0 Å². The van der Waals surface area contributed by atoms with E-state index in [4.69, 9.17) is 11.0 Å². The fraction of sp³-hybridized carbons (Fsp3) is 0.278. The van der Waals surface area contributed by atoms with E-state index in [0.29, 0.717) is 5.56 Å². The molecule has 3 nitrogen and oxygen atoms in total. The molecule has 2 N–H and O–H groups in total. The standard InChI is InChI=1S/C18H21N3/c1-14(20)18(17-9-4-3-5-10-17)21(2)13-16-8-6-7-15(11-16)12-19/h3-11,14,18H,13,20H2,1-2H3. The quantitative estimate of drug-likeness (QED) is 0.915. The van der Waals surface area contributed by atoms with Crippen LogP contribution in [0, 0.1) is 11.3 Å². The fourth-order valence-electron chi connectivity index (χ4n) is 2.74. The number of likely N-dealkylation sites (N-methyl/N-ethyl adjacent to an activating group) is 1. The van der Waals surface area contributed by atoms with Crippen molar-refractivity contribution < 1.29 is 0 Å². The molecule has 108 valence electrons. The molecule has 0 aromatic heterocycles. The Kier molecular flexibility index (Phi) is 5.10. The van der Waals surface area contributed by atoms with E-state index in [9.17, 15) is 0 Å². The highest BCUT2D eigenvalue weighted by molar-refractivity contribution is 5.33. The van der Waals surface area contributed by atoms with Gasteiger partial charge in [0.1, 0.15) is 0 Å². The normalized spacial score (nSPS) is 13.7. The van der Waals surface area contributed by atoms with Gasteiger partial charge in [-0.3, -0.25) is 4.90 Å². The Bertz CT molecular complexity index is 614. The Labute approximate surface area is 126 Å². The molecule has 0 heterocycles. The van der Waals surface area contributed by atoms with Crippen LogP contribution in [0.25, 0.3) is 0 Å². The van der Waals surface area contributed by atoms with Gasteiger partial charge in [0.15, 0.2) is 0 Å². The van der Waals surface area contributed by atoms with Gasteiger partial charge in [-0.2, -0.15) is 5.26 Å². The minimum atomic E-state index is 0.0246. The molecule has 3 heteroatoms. The topological polar surface area (TPSA) is 53.0 Å². The van der Waals surface area contributed by atoms with Crippen LogP contribution >= 0.6 is 0 Å². The maximum Gasteiger partial charge on any atom is 0.0991 e. The Balaban J connectivity index is 2.20. The van der Waals surface area contributed by atoms with Gasteiger partial charge in [-0.25, -0.2) is 0 Å². The van der Waals surface area contributed by atoms with Crippen LogP contribution in [-0.2, 0) is 6.54 Å². The lowest BCUT2D eigenvalue weighted by Crippen LogP contribution is -2.36. The number of nitriles is 1. The number of benzene rings is 2. The van der Waals surface area contributed by atoms with E-state index < -0.39 is 0 Å². The predicted molar refractivity (Wildman–Crippen MR) is 85.5 cm³/mol. The van der Waals surface area contributed by atoms with Gasteiger partial charge in [0.2, 0.25) is 0 Å². The number of hydrogen-bond acceptors (Lipinski definition) is 3. The summed E-state index contributed by atoms with van der Waals surface area (Å²) in [6.45, 7) is 2.79. The summed E-state index contributed by atoms with van der Waals surface area (Å²) < 4.78 is 0. The summed E-state index contributed by atoms with van der Waals surface area (Å²) in [6.07, 6.45) is 0. The minimum absolute atomic E-state index is 0.0246. The molecule has 0 radical (unpaired) electrons. The molecule has 2 unspecified atom stereocenters. The average molecular weight is 279 g/mol. The van der Waals surface area contributed by atoms with Crippen LogP contribution in [-0.4, -0.2) is 18.0 Å². The number of hydrogen-bond donors (Lipinski definition) is 1. The van der Waals surface area contributed by atoms with Crippen molar-refractivity contribution in [3.8, 4) is 6.07 Å². The third kappa shape index (κ3) is 3.91. The highest BCUT2D eigenvalue weighted by Gasteiger charge is 2.21. The van der Waals surface area contributed by atoms with E-state index in [2.05, 4.69) is 30.1 Å². The molecule has 21 heavy (non-hydrogen) atoms. The first-order valence-corrected chi connectivity index (χ1v) is 7.11. The lowest BCUT2D eigenvalue weighted by molar-refractivity contribution is 0.211. The van der Waals surface area contributed by atoms with Gasteiger partial charge in [0.05, 0.1) is 11.6 Å². The molecule has 0 saturated heterocycles. The molecular formula is C18H21N3. The van der Waals surface area contributed by atoms with Crippen molar-refractivity contribution in [2.24, 2.45) is 5.73 Å². The molecule has 0 spiro atoms. The van der Waals surface area contributed by atoms with Crippen LogP contribution < -0.4 is 5.73 Å². The zero-order valence-corrected chi connectivity index (χ0v) is 12.5. The van der Waals surface area contributed by atoms with Crippen molar-refractivity contribution >= 4 is 0 Å². The van der Waals surface area contributed by atoms with Crippen LogP contribution in [0.5, 0.6) is 0 Å². The summed E-state index contributed by atoms with van der Waals surface area (Å²) >= 11 is 0. The summed E-state index contributed by atoms with van der Waals surface area (Å²) in [5.41, 5.74) is 9.22. The highest BCUT2D eigenvalue weighted by Crippen LogP contribution is 2.23. The van der Waals surface area contributed by atoms with E-state index in [-0.39, 0.29) is 12.1 Å². The number of rotatable bonds is 5. The molecule has 0 fully saturated rings. The average Bonchev–Trinajstić information content (AvgIpc) is 2.48. The lowest BCUT2D eigenvalue weighted by atomic mass is 9.99. The van der Waals surface area contributed by atoms with Crippen LogP contribution in [0.15, 0.2) is 54.6 Å². The molecule has 0 amide bonds. The van der Waals surface area contributed by atoms with Crippen molar-refractivity contribution in [2.45, 2.75) is 25.6 Å². The van der Waals surface area contributed by atoms with Gasteiger partial charge >= 0.3 is 0 Å². The summed E-state index contributed by atoms with van der Waals surface area (Å²) in [5, 5.41) is 8.99. The molecular weight excluding hydrogens is 258 g/mol. The van der Waals surface area contributed by atoms with Crippen molar-refractivity contribution in [3.05, 3.63) is 71.3 Å². The second kappa shape index (κ2) is 7.03. The Morgan fingerprint density at radius 2 is 1.86 bits per heavy atom. The van der Waals surface area contributed by atoms with Crippen LogP contribution in [0.1, 0.15) is 29.7 Å². The molecule has 2 atom stereocenters. The molecule has 2 rings (SSSR count). The summed E-state index contributed by atoms with van der Waals surface area (Å²) in [4.78, 5) is 2.23. The predicted octanol–water partition coefficient (Wildman–Crippen LogP) is 3.08. The van der Waals surface area contributed by atoms with Crippen LogP contribution in [0.3, 0.4) is 0 Å². The van der Waals surface area contributed by atoms with E-state index >= 15 is 0 Å². The Morgan fingerprint density at radius 1 is 1.14 bits per heavy atom. The summed E-state index contributed by atoms with van der Waals surface area (Å²) in [5.74, 6) is 0. The SMILES string of the molecule is CC(N)C(c1ccccc1)N(C)Cc1cccc(C#N)c1. The van der Waals surface area contributed by atoms with Crippen molar-refractivity contribution in [1.29, 1.82) is 5.26 Å². The zero-order valence-electron chi connectivity index (χ0n) is 12.5. The van der Waals surface area contributed by atoms with E-state index in [1.54, 1.807) is 0 Å². The number of nitrogens with two attached hydrogens (primary N) is 1. The third-order valence-corrected chi connectivity index (χ3v) is 3.60. The molecule has 0 aliphatic heterocycles. The van der Waals surface area contributed by atoms with Crippen LogP contribution in [0.2, 0.25) is 0 Å². The van der Waals surface area contributed by atoms with E-state index in [0.717, 1.165) is 12.1 Å². The Morgan fingerprint density at radius 3 is 2.48 bits per heavy atom. The minimum Gasteiger partial charge on any atom is -0.326 e. The maximum atomic E-state index is 8.99. The van der Waals surface area contributed by atoms with Gasteiger partial charge in [-0.05, 0) is 37.2 Å². The summed E-state index contributed by atoms with van der Waals surface area (Å²) in [7, 11) is 2.07. The Hall–Kier alpha value is -2.15. The van der Waals surface area contributed by atoms with E-state index in [1.165, 1.54) is 5.56 Å². The van der Waals surface area contributed by atoms with Crippen molar-refractivity contribution in [2.75, 3.05) is 7.05 Å². The van der Waals surface area contributed by atoms with Gasteiger partial charge in [0.25, 0.3) is 0 Å². The second-order valence-corrected chi connectivity index (χ2v) is 5.44. The molecule has 0 aliphatic carbocycles. The second-order valence-electron chi connectivity index (χ2n) is 5.44. The van der Waals surface area contributed by atoms with Crippen molar-refractivity contribution in [1.82, 2.24) is 4.90 Å². The monoisotopic (exact) mass is 279 g/mol. The lowest BCUT2D eigenvalue weighted by Gasteiger charge is -2.31. The zero-order chi connectivity index (χ0) is 15.2. The van der Waals surface area contributed by atoms with Crippen molar-refractivity contribution in [3.63, 3.8) is 0 Å². The third-order valence-electron chi connectivity index (χ3n) is 3.60. The van der Waals surface area contributed by atoms with Gasteiger partial charge in [0, 0.05) is 18.6 Å². The molecule has 0 aliphatic rings. The fourth-order valence-corrected chi connectivity index (χ4v) is 2.74. The first-order valence-electron chi connectivity index (χ1n) is 7.11. The van der Waals surface area contributed by atoms with Gasteiger partial charge < -0.3 is 5.73 Å². The highest BCUT2D eigenvalue weighted by atomic mass is 15.1. The largest absolute Gasteiger partial charge is 0.326 e. The first kappa shape index (κ1) is 15.2. The van der Waals surface area contributed by atoms with E-state index in [1.807, 2.05) is 49.4 Å². The first-order chi connectivity index (χ1) is 10.1. The molecule has 0 saturated carbocycles. The molecule has 2 aromatic rings. The number of nitrogens with zero attached hydrogens (tertiary/aromatic N) is 2. The smallest absolute Gasteiger partial charge is 0.0991 e. The molecule has 0 bridgehead atoms. The molecule has 2 aromatic carbocycles. The van der Waals surface area contributed by atoms with Crippen LogP contribution in [0.4, 0.5) is 0 Å². The maximum absolute atomic E-state index is 8.99.